The van der Waals surface area contributed by atoms with Crippen molar-refractivity contribution in [1.29, 1.82) is 0 Å². The van der Waals surface area contributed by atoms with E-state index < -0.39 is 0 Å². The Hall–Kier alpha value is -3.29. The van der Waals surface area contributed by atoms with Gasteiger partial charge in [-0.15, -0.1) is 0 Å². The number of hydrogen-bond donors (Lipinski definition) is 1. The molecule has 180 valence electrons. The van der Waals surface area contributed by atoms with Gasteiger partial charge in [0.25, 0.3) is 5.69 Å². The number of para-hydroxylation sites is 2. The molecule has 2 aromatic rings. The minimum Gasteiger partial charge on any atom is -0.495 e. The number of anilines is 2. The maximum atomic E-state index is 13.6. The van der Waals surface area contributed by atoms with Crippen molar-refractivity contribution in [3.8, 4) is 5.75 Å². The van der Waals surface area contributed by atoms with Crippen molar-refractivity contribution in [2.45, 2.75) is 50.6 Å². The molecule has 1 saturated heterocycles. The summed E-state index contributed by atoms with van der Waals surface area (Å²) in [5.74, 6) is 0.626. The van der Waals surface area contributed by atoms with Crippen LogP contribution in [0.4, 0.5) is 17.1 Å². The maximum Gasteiger partial charge on any atom is 0.269 e. The van der Waals surface area contributed by atoms with E-state index in [0.29, 0.717) is 13.0 Å². The van der Waals surface area contributed by atoms with Crippen LogP contribution in [0, 0.1) is 16.0 Å². The van der Waals surface area contributed by atoms with E-state index in [-0.39, 0.29) is 34.5 Å². The van der Waals surface area contributed by atoms with Gasteiger partial charge in [0, 0.05) is 43.5 Å². The van der Waals surface area contributed by atoms with Gasteiger partial charge in [0.2, 0.25) is 5.91 Å². The highest BCUT2D eigenvalue weighted by atomic mass is 16.6. The van der Waals surface area contributed by atoms with Gasteiger partial charge in [-0.1, -0.05) is 31.4 Å². The molecule has 0 bridgehead atoms. The molecular weight excluding hydrogens is 432 g/mol. The number of amides is 1. The number of non-ortho nitro benzene ring substituents is 1. The summed E-state index contributed by atoms with van der Waals surface area (Å²) in [5, 5.41) is 14.7. The average Bonchev–Trinajstić information content (AvgIpc) is 2.88. The minimum atomic E-state index is -0.358. The van der Waals surface area contributed by atoms with Gasteiger partial charge in [-0.2, -0.15) is 0 Å². The number of ether oxygens (including phenoxy) is 1. The van der Waals surface area contributed by atoms with E-state index in [0.717, 1.165) is 61.5 Å². The molecule has 1 aliphatic carbocycles. The van der Waals surface area contributed by atoms with Crippen LogP contribution in [-0.4, -0.2) is 49.7 Å². The number of piperazine rings is 1. The number of carbonyl (C=O) groups is 1. The second kappa shape index (κ2) is 9.52. The van der Waals surface area contributed by atoms with E-state index in [1.807, 2.05) is 24.3 Å². The smallest absolute Gasteiger partial charge is 0.269 e. The van der Waals surface area contributed by atoms with Gasteiger partial charge < -0.3 is 19.9 Å². The van der Waals surface area contributed by atoms with E-state index in [4.69, 9.17) is 4.74 Å². The number of hydrogen-bond acceptors (Lipinski definition) is 6. The van der Waals surface area contributed by atoms with Crippen LogP contribution in [0.25, 0.3) is 0 Å². The van der Waals surface area contributed by atoms with Gasteiger partial charge in [0.1, 0.15) is 5.75 Å². The molecular formula is C26H32N4O4. The Bertz CT molecular complexity index is 1070. The van der Waals surface area contributed by atoms with E-state index in [1.165, 1.54) is 6.42 Å². The summed E-state index contributed by atoms with van der Waals surface area (Å²) in [6.45, 7) is 2.21. The number of nitrogens with zero attached hydrogens (tertiary/aromatic N) is 3. The molecule has 0 spiro atoms. The lowest BCUT2D eigenvalue weighted by Crippen LogP contribution is -2.61. The Labute approximate surface area is 200 Å². The molecule has 1 saturated carbocycles. The van der Waals surface area contributed by atoms with Crippen LogP contribution in [-0.2, 0) is 11.2 Å². The molecule has 2 fully saturated rings. The Morgan fingerprint density at radius 1 is 1.09 bits per heavy atom. The number of rotatable bonds is 5. The van der Waals surface area contributed by atoms with Crippen LogP contribution < -0.4 is 19.9 Å². The van der Waals surface area contributed by atoms with Gasteiger partial charge in [0.15, 0.2) is 0 Å². The summed E-state index contributed by atoms with van der Waals surface area (Å²) in [6, 6.07) is 13.3. The number of carbonyl (C=O) groups excluding carboxylic acids is 1. The lowest BCUT2D eigenvalue weighted by Gasteiger charge is -2.50. The number of methoxy groups -OCH3 is 1. The van der Waals surface area contributed by atoms with Crippen LogP contribution in [0.3, 0.4) is 0 Å². The first-order valence-corrected chi connectivity index (χ1v) is 12.3. The van der Waals surface area contributed by atoms with Crippen LogP contribution in [0.2, 0.25) is 0 Å². The average molecular weight is 465 g/mol. The predicted molar refractivity (Wildman–Crippen MR) is 132 cm³/mol. The molecule has 2 unspecified atom stereocenters. The van der Waals surface area contributed by atoms with E-state index in [9.17, 15) is 14.9 Å². The molecule has 0 aromatic heterocycles. The number of nitrogens with one attached hydrogen (secondary N) is 1. The van der Waals surface area contributed by atoms with Crippen molar-refractivity contribution >= 4 is 23.0 Å². The number of nitro groups is 1. The molecule has 8 nitrogen and oxygen atoms in total. The SMILES string of the molecule is COc1ccccc1N1CCN2c3ccc([N+](=O)[O-])cc3CC(C(=O)NC3CCCCC3)C2C1. The molecule has 3 aliphatic rings. The van der Waals surface area contributed by atoms with Crippen molar-refractivity contribution in [3.05, 3.63) is 58.1 Å². The molecule has 2 heterocycles. The maximum absolute atomic E-state index is 13.6. The van der Waals surface area contributed by atoms with Crippen LogP contribution in [0.5, 0.6) is 5.75 Å². The fourth-order valence-corrected chi connectivity index (χ4v) is 5.89. The third kappa shape index (κ3) is 4.29. The number of benzene rings is 2. The summed E-state index contributed by atoms with van der Waals surface area (Å²) in [4.78, 5) is 29.2. The Morgan fingerprint density at radius 3 is 2.65 bits per heavy atom. The molecule has 5 rings (SSSR count). The molecule has 1 amide bonds. The van der Waals surface area contributed by atoms with Crippen LogP contribution >= 0.6 is 0 Å². The van der Waals surface area contributed by atoms with Crippen molar-refractivity contribution in [1.82, 2.24) is 5.32 Å². The minimum absolute atomic E-state index is 0.0174. The third-order valence-corrected chi connectivity index (χ3v) is 7.62. The molecule has 8 heteroatoms. The van der Waals surface area contributed by atoms with Crippen LogP contribution in [0.1, 0.15) is 37.7 Å². The van der Waals surface area contributed by atoms with Gasteiger partial charge in [-0.05, 0) is 43.0 Å². The van der Waals surface area contributed by atoms with E-state index in [1.54, 1.807) is 19.2 Å². The van der Waals surface area contributed by atoms with Gasteiger partial charge >= 0.3 is 0 Å². The monoisotopic (exact) mass is 464 g/mol. The zero-order valence-corrected chi connectivity index (χ0v) is 19.6. The first-order chi connectivity index (χ1) is 16.5. The summed E-state index contributed by atoms with van der Waals surface area (Å²) >= 11 is 0. The molecule has 1 N–H and O–H groups in total. The molecule has 0 radical (unpaired) electrons. The molecule has 34 heavy (non-hydrogen) atoms. The lowest BCUT2D eigenvalue weighted by molar-refractivity contribution is -0.384. The van der Waals surface area contributed by atoms with E-state index in [2.05, 4.69) is 21.2 Å². The van der Waals surface area contributed by atoms with Crippen molar-refractivity contribution in [3.63, 3.8) is 0 Å². The third-order valence-electron chi connectivity index (χ3n) is 7.62. The number of fused-ring (bicyclic) bond motifs is 3. The Morgan fingerprint density at radius 2 is 1.88 bits per heavy atom. The predicted octanol–water partition coefficient (Wildman–Crippen LogP) is 3.92. The van der Waals surface area contributed by atoms with Crippen molar-refractivity contribution in [2.75, 3.05) is 36.5 Å². The highest BCUT2D eigenvalue weighted by Crippen LogP contribution is 2.40. The zero-order valence-electron chi connectivity index (χ0n) is 19.6. The Kier molecular flexibility index (Phi) is 6.30. The van der Waals surface area contributed by atoms with Gasteiger partial charge in [-0.25, -0.2) is 0 Å². The zero-order chi connectivity index (χ0) is 23.7. The Balaban J connectivity index is 1.46. The molecule has 2 atom stereocenters. The van der Waals surface area contributed by atoms with E-state index >= 15 is 0 Å². The van der Waals surface area contributed by atoms with Gasteiger partial charge in [0.05, 0.1) is 29.7 Å². The van der Waals surface area contributed by atoms with Gasteiger partial charge in [-0.3, -0.25) is 14.9 Å². The first-order valence-electron chi connectivity index (χ1n) is 12.3. The second-order valence-electron chi connectivity index (χ2n) is 9.60. The summed E-state index contributed by atoms with van der Waals surface area (Å²) in [6.07, 6.45) is 6.11. The van der Waals surface area contributed by atoms with Crippen molar-refractivity contribution in [2.24, 2.45) is 5.92 Å². The first kappa shape index (κ1) is 22.5. The summed E-state index contributed by atoms with van der Waals surface area (Å²) in [7, 11) is 1.68. The normalized spacial score (nSPS) is 22.5. The quantitative estimate of drug-likeness (QED) is 0.533. The van der Waals surface area contributed by atoms with Crippen LogP contribution in [0.15, 0.2) is 42.5 Å². The molecule has 2 aromatic carbocycles. The highest BCUT2D eigenvalue weighted by molar-refractivity contribution is 5.83. The highest BCUT2D eigenvalue weighted by Gasteiger charge is 2.42. The van der Waals surface area contributed by atoms with Crippen molar-refractivity contribution < 1.29 is 14.5 Å². The summed E-state index contributed by atoms with van der Waals surface area (Å²) in [5.41, 5.74) is 3.01. The lowest BCUT2D eigenvalue weighted by atomic mass is 9.82. The standard InChI is InChI=1S/C26H32N4O4/c1-34-25-10-6-5-9-23(25)28-13-14-29-22-12-11-20(30(32)33)15-18(22)16-21(24(29)17-28)26(31)27-19-7-3-2-4-8-19/h5-6,9-12,15,19,21,24H,2-4,7-8,13-14,16-17H2,1H3,(H,27,31). The second-order valence-corrected chi connectivity index (χ2v) is 9.60. The number of nitro benzene ring substituents is 1. The fourth-order valence-electron chi connectivity index (χ4n) is 5.89. The topological polar surface area (TPSA) is 87.9 Å². The fraction of sp³-hybridized carbons (Fsp3) is 0.500. The largest absolute Gasteiger partial charge is 0.495 e. The molecule has 2 aliphatic heterocycles. The summed E-state index contributed by atoms with van der Waals surface area (Å²) < 4.78 is 5.60.